The van der Waals surface area contributed by atoms with Crippen molar-refractivity contribution in [1.29, 1.82) is 0 Å². The van der Waals surface area contributed by atoms with Gasteiger partial charge in [-0.05, 0) is 55.2 Å². The second-order valence-electron chi connectivity index (χ2n) is 5.82. The highest BCUT2D eigenvalue weighted by Gasteiger charge is 2.05. The molecule has 4 nitrogen and oxygen atoms in total. The number of hydrogen-bond acceptors (Lipinski definition) is 1. The van der Waals surface area contributed by atoms with Crippen molar-refractivity contribution in [3.8, 4) is 0 Å². The van der Waals surface area contributed by atoms with E-state index < -0.39 is 0 Å². The van der Waals surface area contributed by atoms with Crippen molar-refractivity contribution in [2.75, 3.05) is 11.9 Å². The zero-order chi connectivity index (χ0) is 16.2. The van der Waals surface area contributed by atoms with Crippen molar-refractivity contribution >= 4 is 22.5 Å². The second kappa shape index (κ2) is 6.57. The standard InChI is InChI=1S/C19H22N4/c1-13-5-3-7-16(11-13)23-19(20)21-10-9-15-12-22-17-8-4-6-14(2)18(15)17/h3-8,11-12,22H,9-10H2,1-2H3,(H3,20,21,23). The molecule has 0 fully saturated rings. The van der Waals surface area contributed by atoms with E-state index in [1.807, 2.05) is 18.2 Å². The first-order valence-corrected chi connectivity index (χ1v) is 7.82. The Kier molecular flexibility index (Phi) is 4.33. The first-order chi connectivity index (χ1) is 11.1. The van der Waals surface area contributed by atoms with Gasteiger partial charge in [-0.25, -0.2) is 0 Å². The summed E-state index contributed by atoms with van der Waals surface area (Å²) in [6.07, 6.45) is 2.93. The van der Waals surface area contributed by atoms with Gasteiger partial charge in [0.2, 0.25) is 0 Å². The Morgan fingerprint density at radius 1 is 1.17 bits per heavy atom. The van der Waals surface area contributed by atoms with Crippen LogP contribution >= 0.6 is 0 Å². The van der Waals surface area contributed by atoms with Gasteiger partial charge in [-0.15, -0.1) is 0 Å². The quantitative estimate of drug-likeness (QED) is 0.507. The molecule has 2 aromatic carbocycles. The Bertz CT molecular complexity index is 845. The Labute approximate surface area is 136 Å². The molecule has 0 atom stereocenters. The van der Waals surface area contributed by atoms with E-state index in [0.717, 1.165) is 12.1 Å². The predicted molar refractivity (Wildman–Crippen MR) is 98.0 cm³/mol. The van der Waals surface area contributed by atoms with Gasteiger partial charge in [0.05, 0.1) is 0 Å². The molecule has 0 bridgehead atoms. The Hall–Kier alpha value is -2.75. The number of nitrogens with zero attached hydrogens (tertiary/aromatic N) is 1. The number of nitrogens with two attached hydrogens (primary N) is 1. The summed E-state index contributed by atoms with van der Waals surface area (Å²) >= 11 is 0. The highest BCUT2D eigenvalue weighted by Crippen LogP contribution is 2.22. The largest absolute Gasteiger partial charge is 0.370 e. The molecule has 23 heavy (non-hydrogen) atoms. The fraction of sp³-hybridized carbons (Fsp3) is 0.211. The lowest BCUT2D eigenvalue weighted by Crippen LogP contribution is -2.23. The molecule has 0 saturated carbocycles. The maximum absolute atomic E-state index is 5.97. The second-order valence-corrected chi connectivity index (χ2v) is 5.82. The minimum absolute atomic E-state index is 0.451. The number of hydrogen-bond donors (Lipinski definition) is 3. The third-order valence-electron chi connectivity index (χ3n) is 3.95. The molecule has 0 radical (unpaired) electrons. The Morgan fingerprint density at radius 2 is 2.00 bits per heavy atom. The zero-order valence-electron chi connectivity index (χ0n) is 13.6. The molecule has 0 unspecified atom stereocenters. The van der Waals surface area contributed by atoms with Crippen LogP contribution in [0.5, 0.6) is 0 Å². The number of aromatic amines is 1. The van der Waals surface area contributed by atoms with Gasteiger partial charge in [0.25, 0.3) is 0 Å². The smallest absolute Gasteiger partial charge is 0.193 e. The Morgan fingerprint density at radius 3 is 2.83 bits per heavy atom. The van der Waals surface area contributed by atoms with E-state index in [9.17, 15) is 0 Å². The molecule has 0 aliphatic carbocycles. The van der Waals surface area contributed by atoms with Crippen molar-refractivity contribution in [1.82, 2.24) is 4.98 Å². The van der Waals surface area contributed by atoms with E-state index in [-0.39, 0.29) is 0 Å². The van der Waals surface area contributed by atoms with Gasteiger partial charge >= 0.3 is 0 Å². The average Bonchev–Trinajstić information content (AvgIpc) is 2.92. The lowest BCUT2D eigenvalue weighted by Gasteiger charge is -2.06. The van der Waals surface area contributed by atoms with Crippen LogP contribution in [-0.4, -0.2) is 17.5 Å². The highest BCUT2D eigenvalue weighted by molar-refractivity contribution is 5.92. The fourth-order valence-electron chi connectivity index (χ4n) is 2.86. The van der Waals surface area contributed by atoms with Gasteiger partial charge in [0.15, 0.2) is 5.96 Å². The van der Waals surface area contributed by atoms with Gasteiger partial charge in [0.1, 0.15) is 0 Å². The number of rotatable bonds is 4. The van der Waals surface area contributed by atoms with E-state index >= 15 is 0 Å². The van der Waals surface area contributed by atoms with Crippen molar-refractivity contribution in [3.05, 3.63) is 65.4 Å². The van der Waals surface area contributed by atoms with E-state index in [4.69, 9.17) is 5.73 Å². The lowest BCUT2D eigenvalue weighted by atomic mass is 10.1. The van der Waals surface area contributed by atoms with Gasteiger partial charge in [0, 0.05) is 29.3 Å². The zero-order valence-corrected chi connectivity index (χ0v) is 13.6. The summed E-state index contributed by atoms with van der Waals surface area (Å²) in [6, 6.07) is 14.4. The van der Waals surface area contributed by atoms with Crippen molar-refractivity contribution in [2.45, 2.75) is 20.3 Å². The number of anilines is 1. The Balaban J connectivity index is 1.65. The molecule has 3 aromatic rings. The molecule has 0 aliphatic rings. The minimum Gasteiger partial charge on any atom is -0.370 e. The van der Waals surface area contributed by atoms with E-state index in [1.165, 1.54) is 27.6 Å². The van der Waals surface area contributed by atoms with Gasteiger partial charge < -0.3 is 16.0 Å². The van der Waals surface area contributed by atoms with Gasteiger partial charge in [-0.2, -0.15) is 0 Å². The highest BCUT2D eigenvalue weighted by atomic mass is 15.1. The molecule has 0 saturated heterocycles. The monoisotopic (exact) mass is 306 g/mol. The van der Waals surface area contributed by atoms with Crippen LogP contribution in [0.1, 0.15) is 16.7 Å². The van der Waals surface area contributed by atoms with Gasteiger partial charge in [-0.3, -0.25) is 4.99 Å². The number of H-pyrrole nitrogens is 1. The van der Waals surface area contributed by atoms with Crippen LogP contribution in [0.3, 0.4) is 0 Å². The summed E-state index contributed by atoms with van der Waals surface area (Å²) in [5, 5.41) is 4.43. The van der Waals surface area contributed by atoms with Crippen LogP contribution < -0.4 is 11.1 Å². The van der Waals surface area contributed by atoms with Crippen LogP contribution in [0.2, 0.25) is 0 Å². The number of guanidine groups is 1. The normalized spacial score (nSPS) is 11.8. The maximum Gasteiger partial charge on any atom is 0.193 e. The van der Waals surface area contributed by atoms with Crippen LogP contribution in [0.15, 0.2) is 53.7 Å². The van der Waals surface area contributed by atoms with Crippen LogP contribution in [0, 0.1) is 13.8 Å². The van der Waals surface area contributed by atoms with Crippen molar-refractivity contribution in [2.24, 2.45) is 10.7 Å². The number of nitrogens with one attached hydrogen (secondary N) is 2. The van der Waals surface area contributed by atoms with Crippen molar-refractivity contribution in [3.63, 3.8) is 0 Å². The number of aryl methyl sites for hydroxylation is 2. The summed E-state index contributed by atoms with van der Waals surface area (Å²) in [4.78, 5) is 7.75. The molecular weight excluding hydrogens is 284 g/mol. The van der Waals surface area contributed by atoms with E-state index in [0.29, 0.717) is 12.5 Å². The number of aliphatic imine (C=N–C) groups is 1. The predicted octanol–water partition coefficient (Wildman–Crippen LogP) is 3.75. The molecule has 3 rings (SSSR count). The van der Waals surface area contributed by atoms with E-state index in [1.54, 1.807) is 0 Å². The molecule has 0 spiro atoms. The third-order valence-corrected chi connectivity index (χ3v) is 3.95. The summed E-state index contributed by atoms with van der Waals surface area (Å²) in [6.45, 7) is 4.85. The summed E-state index contributed by atoms with van der Waals surface area (Å²) in [5.41, 5.74) is 11.9. The molecule has 0 aliphatic heterocycles. The first-order valence-electron chi connectivity index (χ1n) is 7.82. The molecule has 4 N–H and O–H groups in total. The number of aromatic nitrogens is 1. The molecule has 1 aromatic heterocycles. The topological polar surface area (TPSA) is 66.2 Å². The average molecular weight is 306 g/mol. The minimum atomic E-state index is 0.451. The first kappa shape index (κ1) is 15.2. The lowest BCUT2D eigenvalue weighted by molar-refractivity contribution is 0.971. The van der Waals surface area contributed by atoms with E-state index in [2.05, 4.69) is 59.6 Å². The van der Waals surface area contributed by atoms with Gasteiger partial charge in [-0.1, -0.05) is 24.3 Å². The summed E-state index contributed by atoms with van der Waals surface area (Å²) < 4.78 is 0. The van der Waals surface area contributed by atoms with Crippen molar-refractivity contribution < 1.29 is 0 Å². The molecular formula is C19H22N4. The SMILES string of the molecule is Cc1cccc(NC(N)=NCCc2c[nH]c3cccc(C)c23)c1. The molecule has 0 amide bonds. The number of benzene rings is 2. The molecule has 1 heterocycles. The third kappa shape index (κ3) is 3.54. The molecule has 118 valence electrons. The van der Waals surface area contributed by atoms with Crippen LogP contribution in [-0.2, 0) is 6.42 Å². The summed E-state index contributed by atoms with van der Waals surface area (Å²) in [7, 11) is 0. The maximum atomic E-state index is 5.97. The molecule has 4 heteroatoms. The van der Waals surface area contributed by atoms with Crippen LogP contribution in [0.4, 0.5) is 5.69 Å². The summed E-state index contributed by atoms with van der Waals surface area (Å²) in [5.74, 6) is 0.451. The number of fused-ring (bicyclic) bond motifs is 1. The van der Waals surface area contributed by atoms with Crippen LogP contribution in [0.25, 0.3) is 10.9 Å². The fourth-order valence-corrected chi connectivity index (χ4v) is 2.86.